The van der Waals surface area contributed by atoms with Crippen LogP contribution in [0.4, 0.5) is 4.39 Å². The topological polar surface area (TPSA) is 56.4 Å². The number of pyridine rings is 1. The molecule has 1 saturated heterocycles. The summed E-state index contributed by atoms with van der Waals surface area (Å²) in [6.45, 7) is 3.67. The summed E-state index contributed by atoms with van der Waals surface area (Å²) in [6, 6.07) is 8.56. The third kappa shape index (κ3) is 5.42. The quantitative estimate of drug-likeness (QED) is 0.772. The molecule has 1 aliphatic carbocycles. The predicted octanol–water partition coefficient (Wildman–Crippen LogP) is 3.42. The van der Waals surface area contributed by atoms with Gasteiger partial charge in [0.15, 0.2) is 0 Å². The molecule has 0 radical (unpaired) electrons. The third-order valence-electron chi connectivity index (χ3n) is 6.78. The van der Waals surface area contributed by atoms with Crippen molar-refractivity contribution < 1.29 is 9.18 Å². The highest BCUT2D eigenvalue weighted by molar-refractivity contribution is 5.93. The second kappa shape index (κ2) is 9.77. The van der Waals surface area contributed by atoms with Crippen molar-refractivity contribution in [2.45, 2.75) is 44.9 Å². The summed E-state index contributed by atoms with van der Waals surface area (Å²) in [6.07, 6.45) is 7.05. The first-order valence-corrected chi connectivity index (χ1v) is 11.5. The number of hydrogen-bond acceptors (Lipinski definition) is 3. The first-order chi connectivity index (χ1) is 15.0. The van der Waals surface area contributed by atoms with Gasteiger partial charge in [0.2, 0.25) is 0 Å². The number of rotatable bonds is 6. The number of nitrogens with zero attached hydrogens (tertiary/aromatic N) is 2. The number of likely N-dealkylation sites (tertiary alicyclic amines) is 1. The summed E-state index contributed by atoms with van der Waals surface area (Å²) >= 11 is 0. The maximum Gasteiger partial charge on any atom is 0.261 e. The molecule has 1 aromatic heterocycles. The monoisotopic (exact) mass is 425 g/mol. The van der Waals surface area contributed by atoms with Crippen LogP contribution in [0, 0.1) is 11.7 Å². The number of amides is 1. The molecular formula is C25H32FN3O2. The maximum atomic E-state index is 13.0. The van der Waals surface area contributed by atoms with Gasteiger partial charge in [-0.25, -0.2) is 4.39 Å². The Balaban J connectivity index is 1.27. The van der Waals surface area contributed by atoms with Crippen molar-refractivity contribution in [2.24, 2.45) is 5.92 Å². The molecule has 4 rings (SSSR count). The number of hydrogen-bond donors (Lipinski definition) is 1. The fourth-order valence-corrected chi connectivity index (χ4v) is 4.84. The molecule has 0 bridgehead atoms. The number of piperidine rings is 1. The van der Waals surface area contributed by atoms with Gasteiger partial charge in [0, 0.05) is 25.8 Å². The lowest BCUT2D eigenvalue weighted by molar-refractivity contribution is 0.0738. The predicted molar refractivity (Wildman–Crippen MR) is 120 cm³/mol. The van der Waals surface area contributed by atoms with Crippen molar-refractivity contribution in [1.29, 1.82) is 0 Å². The first-order valence-electron chi connectivity index (χ1n) is 11.5. The van der Waals surface area contributed by atoms with Crippen LogP contribution in [0.1, 0.15) is 52.9 Å². The van der Waals surface area contributed by atoms with Gasteiger partial charge in [-0.05, 0) is 93.3 Å². The SMILES string of the molecule is CN(CC1CCN(CCc2ccc(F)cc2)CC1)C(=O)c1cc2c([nH]c1=O)CCCC2. The van der Waals surface area contributed by atoms with Gasteiger partial charge in [-0.15, -0.1) is 0 Å². The minimum absolute atomic E-state index is 0.173. The van der Waals surface area contributed by atoms with E-state index in [1.807, 2.05) is 25.2 Å². The normalized spacial score (nSPS) is 17.4. The van der Waals surface area contributed by atoms with Crippen molar-refractivity contribution >= 4 is 5.91 Å². The van der Waals surface area contributed by atoms with Gasteiger partial charge in [0.25, 0.3) is 11.5 Å². The Labute approximate surface area is 183 Å². The Morgan fingerprint density at radius 3 is 2.61 bits per heavy atom. The number of fused-ring (bicyclic) bond motifs is 1. The molecule has 1 N–H and O–H groups in total. The van der Waals surface area contributed by atoms with Crippen LogP contribution in [0.5, 0.6) is 0 Å². The van der Waals surface area contributed by atoms with E-state index in [9.17, 15) is 14.0 Å². The van der Waals surface area contributed by atoms with Gasteiger partial charge in [-0.3, -0.25) is 9.59 Å². The molecule has 1 aliphatic heterocycles. The molecule has 2 aromatic rings. The Hall–Kier alpha value is -2.47. The van der Waals surface area contributed by atoms with E-state index in [1.165, 1.54) is 12.1 Å². The fraction of sp³-hybridized carbons (Fsp3) is 0.520. The standard InChI is InChI=1S/C25H32FN3O2/c1-28(25(31)22-16-20-4-2-3-5-23(20)27-24(22)30)17-19-11-14-29(15-12-19)13-10-18-6-8-21(26)9-7-18/h6-9,16,19H,2-5,10-15,17H2,1H3,(H,27,30). The smallest absolute Gasteiger partial charge is 0.261 e. The Kier molecular flexibility index (Phi) is 6.86. The van der Waals surface area contributed by atoms with Crippen LogP contribution in [0.25, 0.3) is 0 Å². The third-order valence-corrected chi connectivity index (χ3v) is 6.78. The van der Waals surface area contributed by atoms with Crippen LogP contribution in [0.15, 0.2) is 35.1 Å². The minimum atomic E-state index is -0.256. The van der Waals surface area contributed by atoms with Crippen molar-refractivity contribution in [1.82, 2.24) is 14.8 Å². The molecule has 1 aromatic carbocycles. The number of nitrogens with one attached hydrogen (secondary N) is 1. The summed E-state index contributed by atoms with van der Waals surface area (Å²) in [5.41, 5.74) is 3.30. The molecule has 6 heteroatoms. The highest BCUT2D eigenvalue weighted by Crippen LogP contribution is 2.21. The Bertz CT molecular complexity index is 962. The average Bonchev–Trinajstić information content (AvgIpc) is 2.78. The summed E-state index contributed by atoms with van der Waals surface area (Å²) in [5, 5.41) is 0. The number of aromatic nitrogens is 1. The van der Waals surface area contributed by atoms with Gasteiger partial charge in [-0.1, -0.05) is 12.1 Å². The largest absolute Gasteiger partial charge is 0.341 e. The second-order valence-corrected chi connectivity index (χ2v) is 9.07. The van der Waals surface area contributed by atoms with E-state index in [0.29, 0.717) is 12.5 Å². The molecule has 0 unspecified atom stereocenters. The number of carbonyl (C=O) groups is 1. The Morgan fingerprint density at radius 2 is 1.87 bits per heavy atom. The summed E-state index contributed by atoms with van der Waals surface area (Å²) in [7, 11) is 1.81. The minimum Gasteiger partial charge on any atom is -0.341 e. The molecule has 0 atom stereocenters. The lowest BCUT2D eigenvalue weighted by Crippen LogP contribution is -2.41. The number of carbonyl (C=O) groups excluding carboxylic acids is 1. The molecule has 1 fully saturated rings. The number of benzene rings is 1. The van der Waals surface area contributed by atoms with Crippen LogP contribution in [-0.4, -0.2) is 53.9 Å². The maximum absolute atomic E-state index is 13.0. The molecule has 1 amide bonds. The molecule has 5 nitrogen and oxygen atoms in total. The van der Waals surface area contributed by atoms with Crippen molar-refractivity contribution in [3.63, 3.8) is 0 Å². The summed E-state index contributed by atoms with van der Waals surface area (Å²) < 4.78 is 13.0. The summed E-state index contributed by atoms with van der Waals surface area (Å²) in [4.78, 5) is 32.5. The number of aromatic amines is 1. The van der Waals surface area contributed by atoms with Crippen LogP contribution >= 0.6 is 0 Å². The number of halogens is 1. The molecular weight excluding hydrogens is 393 g/mol. The van der Waals surface area contributed by atoms with Crippen LogP contribution in [0.2, 0.25) is 0 Å². The molecule has 31 heavy (non-hydrogen) atoms. The van der Waals surface area contributed by atoms with Crippen molar-refractivity contribution in [3.05, 3.63) is 68.9 Å². The summed E-state index contributed by atoms with van der Waals surface area (Å²) in [5.74, 6) is 0.0849. The van der Waals surface area contributed by atoms with Crippen molar-refractivity contribution in [2.75, 3.05) is 33.2 Å². The number of aryl methyl sites for hydroxylation is 2. The van der Waals surface area contributed by atoms with Crippen molar-refractivity contribution in [3.8, 4) is 0 Å². The van der Waals surface area contributed by atoms with Gasteiger partial charge in [0.1, 0.15) is 11.4 Å². The molecule has 166 valence electrons. The van der Waals surface area contributed by atoms with E-state index in [2.05, 4.69) is 9.88 Å². The molecule has 0 saturated carbocycles. The fourth-order valence-electron chi connectivity index (χ4n) is 4.84. The zero-order chi connectivity index (χ0) is 21.8. The van der Waals surface area contributed by atoms with Crippen LogP contribution in [-0.2, 0) is 19.3 Å². The highest BCUT2D eigenvalue weighted by Gasteiger charge is 2.24. The van der Waals surface area contributed by atoms with Gasteiger partial charge in [-0.2, -0.15) is 0 Å². The van der Waals surface area contributed by atoms with Gasteiger partial charge >= 0.3 is 0 Å². The molecule has 2 heterocycles. The van der Waals surface area contributed by atoms with Crippen LogP contribution in [0.3, 0.4) is 0 Å². The molecule has 0 spiro atoms. The van der Waals surface area contributed by atoms with E-state index in [1.54, 1.807) is 4.90 Å². The van der Waals surface area contributed by atoms with E-state index < -0.39 is 0 Å². The van der Waals surface area contributed by atoms with Gasteiger partial charge < -0.3 is 14.8 Å². The van der Waals surface area contributed by atoms with E-state index in [-0.39, 0.29) is 22.8 Å². The first kappa shape index (κ1) is 21.8. The molecule has 2 aliphatic rings. The highest BCUT2D eigenvalue weighted by atomic mass is 19.1. The van der Waals surface area contributed by atoms with Gasteiger partial charge in [0.05, 0.1) is 0 Å². The van der Waals surface area contributed by atoms with Crippen LogP contribution < -0.4 is 5.56 Å². The second-order valence-electron chi connectivity index (χ2n) is 9.07. The van der Waals surface area contributed by atoms with E-state index in [4.69, 9.17) is 0 Å². The van der Waals surface area contributed by atoms with E-state index >= 15 is 0 Å². The van der Waals surface area contributed by atoms with E-state index in [0.717, 1.165) is 81.4 Å². The number of H-pyrrole nitrogens is 1. The zero-order valence-electron chi connectivity index (χ0n) is 18.3. The lowest BCUT2D eigenvalue weighted by atomic mass is 9.94. The zero-order valence-corrected chi connectivity index (χ0v) is 18.3. The Morgan fingerprint density at radius 1 is 1.16 bits per heavy atom. The average molecular weight is 426 g/mol. The lowest BCUT2D eigenvalue weighted by Gasteiger charge is -2.34.